The van der Waals surface area contributed by atoms with Gasteiger partial charge in [0.2, 0.25) is 0 Å². The van der Waals surface area contributed by atoms with Gasteiger partial charge < -0.3 is 19.7 Å². The summed E-state index contributed by atoms with van der Waals surface area (Å²) in [4.78, 5) is 36.8. The summed E-state index contributed by atoms with van der Waals surface area (Å²) in [5.41, 5.74) is 9.07. The molecule has 0 aliphatic carbocycles. The van der Waals surface area contributed by atoms with Gasteiger partial charge in [-0.1, -0.05) is 24.3 Å². The van der Waals surface area contributed by atoms with Crippen molar-refractivity contribution in [2.75, 3.05) is 26.7 Å². The number of aromatic nitrogens is 2. The molecule has 0 saturated heterocycles. The van der Waals surface area contributed by atoms with Crippen LogP contribution in [0.15, 0.2) is 54.9 Å². The molecule has 8 heteroatoms. The third-order valence-corrected chi connectivity index (χ3v) is 7.89. The number of H-pyrrole nitrogens is 1. The molecule has 5 rings (SSSR count). The van der Waals surface area contributed by atoms with Crippen LogP contribution < -0.4 is 0 Å². The Hall–Kier alpha value is -4.01. The number of likely N-dealkylation sites (N-methyl/N-ethyl adjacent to an activating group) is 1. The quantitative estimate of drug-likeness (QED) is 0.257. The summed E-state index contributed by atoms with van der Waals surface area (Å²) in [6.07, 6.45) is 4.63. The molecule has 2 aromatic carbocycles. The highest BCUT2D eigenvalue weighted by Gasteiger charge is 2.22. The molecule has 2 aromatic heterocycles. The molecule has 226 valence electrons. The zero-order valence-electron chi connectivity index (χ0n) is 26.0. The number of fused-ring (bicyclic) bond motifs is 2. The standard InChI is InChI=1S/C35H42N4O4/c1-22-15-27(16-26-11-13-39(21-31(22)26)14-12-32(41)43-35(3,4)5)28-17-29-30(19-37-33(29)36-18-28)24-7-9-25(10-8-24)34(42)38(6)20-23(2)40/h7-10,15-19,23,40H,11-14,20-21H2,1-6H3,(H,36,37). The number of amides is 1. The van der Waals surface area contributed by atoms with Gasteiger partial charge in [0.15, 0.2) is 0 Å². The van der Waals surface area contributed by atoms with Gasteiger partial charge in [-0.25, -0.2) is 4.98 Å². The second-order valence-corrected chi connectivity index (χ2v) is 12.7. The van der Waals surface area contributed by atoms with Crippen molar-refractivity contribution < 1.29 is 19.4 Å². The Labute approximate surface area is 253 Å². The maximum Gasteiger partial charge on any atom is 0.307 e. The summed E-state index contributed by atoms with van der Waals surface area (Å²) >= 11 is 0. The van der Waals surface area contributed by atoms with Crippen molar-refractivity contribution in [2.24, 2.45) is 0 Å². The summed E-state index contributed by atoms with van der Waals surface area (Å²) in [7, 11) is 1.70. The van der Waals surface area contributed by atoms with Crippen LogP contribution in [0.3, 0.4) is 0 Å². The molecular weight excluding hydrogens is 540 g/mol. The predicted octanol–water partition coefficient (Wildman–Crippen LogP) is 5.75. The number of hydrogen-bond donors (Lipinski definition) is 2. The van der Waals surface area contributed by atoms with Gasteiger partial charge in [-0.15, -0.1) is 0 Å². The van der Waals surface area contributed by atoms with Crippen molar-refractivity contribution in [3.63, 3.8) is 0 Å². The Bertz CT molecular complexity index is 1630. The number of carbonyl (C=O) groups is 2. The fourth-order valence-electron chi connectivity index (χ4n) is 5.81. The molecule has 43 heavy (non-hydrogen) atoms. The molecule has 2 N–H and O–H groups in total. The zero-order chi connectivity index (χ0) is 30.9. The van der Waals surface area contributed by atoms with Gasteiger partial charge in [-0.2, -0.15) is 0 Å². The number of benzene rings is 2. The number of nitrogens with zero attached hydrogens (tertiary/aromatic N) is 3. The Balaban J connectivity index is 1.34. The monoisotopic (exact) mass is 582 g/mol. The molecule has 0 saturated carbocycles. The normalized spacial score (nSPS) is 14.4. The van der Waals surface area contributed by atoms with E-state index in [1.807, 2.05) is 57.4 Å². The van der Waals surface area contributed by atoms with Crippen molar-refractivity contribution >= 4 is 22.9 Å². The minimum atomic E-state index is -0.578. The van der Waals surface area contributed by atoms with Crippen molar-refractivity contribution in [2.45, 2.75) is 65.7 Å². The van der Waals surface area contributed by atoms with Crippen molar-refractivity contribution in [1.29, 1.82) is 0 Å². The maximum atomic E-state index is 12.7. The van der Waals surface area contributed by atoms with E-state index < -0.39 is 11.7 Å². The minimum Gasteiger partial charge on any atom is -0.460 e. The van der Waals surface area contributed by atoms with E-state index >= 15 is 0 Å². The molecule has 1 aliphatic heterocycles. The highest BCUT2D eigenvalue weighted by molar-refractivity contribution is 5.98. The lowest BCUT2D eigenvalue weighted by atomic mass is 9.91. The number of esters is 1. The van der Waals surface area contributed by atoms with E-state index in [1.165, 1.54) is 21.6 Å². The first kappa shape index (κ1) is 30.4. The van der Waals surface area contributed by atoms with Crippen LogP contribution in [0.4, 0.5) is 0 Å². The van der Waals surface area contributed by atoms with Gasteiger partial charge in [0, 0.05) is 67.7 Å². The van der Waals surface area contributed by atoms with E-state index in [0.717, 1.165) is 52.8 Å². The minimum absolute atomic E-state index is 0.121. The molecule has 0 spiro atoms. The second kappa shape index (κ2) is 12.3. The smallest absolute Gasteiger partial charge is 0.307 e. The molecule has 1 aliphatic rings. The lowest BCUT2D eigenvalue weighted by molar-refractivity contribution is -0.155. The number of carbonyl (C=O) groups excluding carboxylic acids is 2. The largest absolute Gasteiger partial charge is 0.460 e. The Morgan fingerprint density at radius 3 is 2.56 bits per heavy atom. The van der Waals surface area contributed by atoms with Gasteiger partial charge in [-0.3, -0.25) is 14.5 Å². The third kappa shape index (κ3) is 7.14. The second-order valence-electron chi connectivity index (χ2n) is 12.7. The lowest BCUT2D eigenvalue weighted by Crippen LogP contribution is -2.34. The molecule has 0 fully saturated rings. The van der Waals surface area contributed by atoms with Gasteiger partial charge in [0.05, 0.1) is 12.5 Å². The van der Waals surface area contributed by atoms with E-state index in [0.29, 0.717) is 18.5 Å². The number of pyridine rings is 1. The summed E-state index contributed by atoms with van der Waals surface area (Å²) in [6.45, 7) is 12.2. The fourth-order valence-corrected chi connectivity index (χ4v) is 5.81. The summed E-state index contributed by atoms with van der Waals surface area (Å²) in [5.74, 6) is -0.272. The van der Waals surface area contributed by atoms with Gasteiger partial charge in [0.1, 0.15) is 11.2 Å². The Morgan fingerprint density at radius 1 is 1.12 bits per heavy atom. The van der Waals surface area contributed by atoms with E-state index in [2.05, 4.69) is 35.0 Å². The van der Waals surface area contributed by atoms with E-state index in [4.69, 9.17) is 9.72 Å². The summed E-state index contributed by atoms with van der Waals surface area (Å²) in [5, 5.41) is 10.6. The van der Waals surface area contributed by atoms with Crippen LogP contribution >= 0.6 is 0 Å². The molecule has 0 bridgehead atoms. The molecular formula is C35H42N4O4. The lowest BCUT2D eigenvalue weighted by Gasteiger charge is -2.30. The average molecular weight is 583 g/mol. The SMILES string of the molecule is Cc1cc(-c2cnc3[nH]cc(-c4ccc(C(=O)N(C)CC(C)O)cc4)c3c2)cc2c1CN(CCC(=O)OC(C)(C)C)CC2. The number of aliphatic hydroxyl groups excluding tert-OH is 1. The number of hydrogen-bond acceptors (Lipinski definition) is 6. The summed E-state index contributed by atoms with van der Waals surface area (Å²) < 4.78 is 5.49. The van der Waals surface area contributed by atoms with Crippen LogP contribution in [0.5, 0.6) is 0 Å². The number of nitrogens with one attached hydrogen (secondary N) is 1. The number of aliphatic hydroxyl groups is 1. The molecule has 1 atom stereocenters. The topological polar surface area (TPSA) is 98.8 Å². The van der Waals surface area contributed by atoms with Crippen LogP contribution in [0.25, 0.3) is 33.3 Å². The molecule has 4 aromatic rings. The number of rotatable bonds is 8. The average Bonchev–Trinajstić information content (AvgIpc) is 3.38. The Morgan fingerprint density at radius 2 is 1.86 bits per heavy atom. The number of aryl methyl sites for hydroxylation is 1. The van der Waals surface area contributed by atoms with E-state index in [1.54, 1.807) is 14.0 Å². The molecule has 8 nitrogen and oxygen atoms in total. The van der Waals surface area contributed by atoms with E-state index in [9.17, 15) is 14.7 Å². The van der Waals surface area contributed by atoms with Crippen LogP contribution in [0.1, 0.15) is 61.2 Å². The molecule has 1 unspecified atom stereocenters. The molecule has 0 radical (unpaired) electrons. The van der Waals surface area contributed by atoms with Crippen LogP contribution in [-0.4, -0.2) is 75.1 Å². The van der Waals surface area contributed by atoms with Crippen molar-refractivity contribution in [3.8, 4) is 22.3 Å². The fraction of sp³-hybridized carbons (Fsp3) is 0.400. The van der Waals surface area contributed by atoms with Gasteiger partial charge in [-0.05, 0) is 87.1 Å². The third-order valence-electron chi connectivity index (χ3n) is 7.89. The highest BCUT2D eigenvalue weighted by atomic mass is 16.6. The number of aromatic amines is 1. The van der Waals surface area contributed by atoms with Crippen LogP contribution in [0.2, 0.25) is 0 Å². The molecule has 3 heterocycles. The first-order chi connectivity index (χ1) is 20.4. The Kier molecular flexibility index (Phi) is 8.71. The van der Waals surface area contributed by atoms with Crippen molar-refractivity contribution in [1.82, 2.24) is 19.8 Å². The predicted molar refractivity (Wildman–Crippen MR) is 170 cm³/mol. The first-order valence-corrected chi connectivity index (χ1v) is 15.0. The zero-order valence-corrected chi connectivity index (χ0v) is 26.0. The first-order valence-electron chi connectivity index (χ1n) is 15.0. The van der Waals surface area contributed by atoms with Crippen LogP contribution in [-0.2, 0) is 22.5 Å². The number of ether oxygens (including phenoxy) is 1. The maximum absolute atomic E-state index is 12.7. The van der Waals surface area contributed by atoms with Crippen LogP contribution in [0, 0.1) is 6.92 Å². The summed E-state index contributed by atoms with van der Waals surface area (Å²) in [6, 6.07) is 14.3. The van der Waals surface area contributed by atoms with Gasteiger partial charge >= 0.3 is 5.97 Å². The molecule has 1 amide bonds. The van der Waals surface area contributed by atoms with Crippen molar-refractivity contribution in [3.05, 3.63) is 77.1 Å². The van der Waals surface area contributed by atoms with E-state index in [-0.39, 0.29) is 18.4 Å². The highest BCUT2D eigenvalue weighted by Crippen LogP contribution is 2.34. The van der Waals surface area contributed by atoms with Gasteiger partial charge in [0.25, 0.3) is 5.91 Å².